The van der Waals surface area contributed by atoms with Crippen LogP contribution in [0.5, 0.6) is 11.5 Å². The number of thioether (sulfide) groups is 1. The van der Waals surface area contributed by atoms with Crippen LogP contribution >= 0.6 is 23.4 Å². The van der Waals surface area contributed by atoms with Crippen molar-refractivity contribution < 1.29 is 22.7 Å². The molecule has 1 saturated heterocycles. The molecule has 2 aliphatic heterocycles. The fraction of sp³-hybridized carbons (Fsp3) is 0.500. The van der Waals surface area contributed by atoms with E-state index in [1.54, 1.807) is 6.92 Å². The summed E-state index contributed by atoms with van der Waals surface area (Å²) in [6.45, 7) is 6.10. The number of ether oxygens (including phenoxy) is 2. The number of benzene rings is 1. The Labute approximate surface area is 225 Å². The molecule has 1 atom stereocenters. The van der Waals surface area contributed by atoms with Gasteiger partial charge in [-0.05, 0) is 45.1 Å². The number of halogens is 1. The molecule has 3 heterocycles. The standard InChI is InChI=1S/C24H31ClN4O6S2/c1-13-10-19(36-5)17(23(31)28-13)12-27-22(30)16-11-18(25)21-20(14(16)2)34-24(3,35-21)15-6-8-29(9-7-15)37(32,33)26-4/h10-11,15,26H,6-9,12H2,1-5H3,(H,27,30)(H,28,31)/t24-/m0/s1. The number of hydrogen-bond donors (Lipinski definition) is 3. The van der Waals surface area contributed by atoms with Crippen molar-refractivity contribution in [1.82, 2.24) is 19.3 Å². The maximum atomic E-state index is 13.1. The number of pyridine rings is 1. The summed E-state index contributed by atoms with van der Waals surface area (Å²) in [4.78, 5) is 29.1. The third-order valence-electron chi connectivity index (χ3n) is 6.96. The molecule has 0 unspecified atom stereocenters. The van der Waals surface area contributed by atoms with E-state index in [-0.39, 0.29) is 23.0 Å². The molecule has 0 saturated carbocycles. The number of piperidine rings is 1. The molecule has 1 amide bonds. The van der Waals surface area contributed by atoms with Crippen molar-refractivity contribution in [1.29, 1.82) is 0 Å². The van der Waals surface area contributed by atoms with Crippen LogP contribution in [0.1, 0.15) is 46.9 Å². The molecule has 0 spiro atoms. The zero-order valence-corrected chi connectivity index (χ0v) is 23.7. The van der Waals surface area contributed by atoms with Crippen molar-refractivity contribution >= 4 is 39.5 Å². The molecule has 1 aromatic heterocycles. The quantitative estimate of drug-likeness (QED) is 0.436. The van der Waals surface area contributed by atoms with Crippen molar-refractivity contribution in [3.63, 3.8) is 0 Å². The van der Waals surface area contributed by atoms with Crippen LogP contribution in [0.2, 0.25) is 5.02 Å². The van der Waals surface area contributed by atoms with E-state index in [4.69, 9.17) is 21.1 Å². The maximum Gasteiger partial charge on any atom is 0.279 e. The number of aromatic amines is 1. The minimum absolute atomic E-state index is 0.0575. The van der Waals surface area contributed by atoms with Gasteiger partial charge in [0, 0.05) is 66.8 Å². The first kappa shape index (κ1) is 27.8. The van der Waals surface area contributed by atoms with E-state index in [2.05, 4.69) is 15.0 Å². The Morgan fingerprint density at radius 1 is 1.24 bits per heavy atom. The van der Waals surface area contributed by atoms with Crippen molar-refractivity contribution in [3.05, 3.63) is 49.9 Å². The Bertz CT molecular complexity index is 1390. The van der Waals surface area contributed by atoms with Crippen LogP contribution in [0.3, 0.4) is 0 Å². The summed E-state index contributed by atoms with van der Waals surface area (Å²) in [5.74, 6) is -0.776. The zero-order chi connectivity index (χ0) is 27.1. The van der Waals surface area contributed by atoms with Crippen LogP contribution in [0, 0.1) is 19.8 Å². The van der Waals surface area contributed by atoms with Crippen LogP contribution in [0.15, 0.2) is 21.8 Å². The van der Waals surface area contributed by atoms with Crippen molar-refractivity contribution in [2.24, 2.45) is 5.92 Å². The Hall–Kier alpha value is -2.25. The summed E-state index contributed by atoms with van der Waals surface area (Å²) >= 11 is 7.97. The van der Waals surface area contributed by atoms with Crippen LogP contribution in [-0.4, -0.2) is 55.8 Å². The van der Waals surface area contributed by atoms with E-state index in [9.17, 15) is 18.0 Å². The van der Waals surface area contributed by atoms with Crippen LogP contribution < -0.4 is 25.1 Å². The fourth-order valence-corrected chi connectivity index (χ4v) is 6.69. The van der Waals surface area contributed by atoms with Gasteiger partial charge in [0.05, 0.1) is 5.02 Å². The highest BCUT2D eigenvalue weighted by molar-refractivity contribution is 7.98. The predicted octanol–water partition coefficient (Wildman–Crippen LogP) is 2.96. The van der Waals surface area contributed by atoms with Gasteiger partial charge in [0.25, 0.3) is 27.5 Å². The lowest BCUT2D eigenvalue weighted by Gasteiger charge is -2.38. The van der Waals surface area contributed by atoms with Crippen molar-refractivity contribution in [2.45, 2.75) is 50.8 Å². The molecular formula is C24H31ClN4O6S2. The zero-order valence-electron chi connectivity index (χ0n) is 21.4. The van der Waals surface area contributed by atoms with Gasteiger partial charge >= 0.3 is 0 Å². The molecule has 2 aromatic rings. The molecule has 10 nitrogen and oxygen atoms in total. The first-order valence-corrected chi connectivity index (χ1v) is 14.9. The van der Waals surface area contributed by atoms with Gasteiger partial charge in [0.15, 0.2) is 11.5 Å². The second-order valence-electron chi connectivity index (χ2n) is 9.30. The Morgan fingerprint density at radius 3 is 2.51 bits per heavy atom. The molecule has 1 fully saturated rings. The van der Waals surface area contributed by atoms with E-state index >= 15 is 0 Å². The number of hydrogen-bond acceptors (Lipinski definition) is 7. The van der Waals surface area contributed by atoms with Gasteiger partial charge in [-0.15, -0.1) is 11.8 Å². The number of aromatic nitrogens is 1. The molecule has 0 aliphatic carbocycles. The number of nitrogens with zero attached hydrogens (tertiary/aromatic N) is 1. The third kappa shape index (κ3) is 5.35. The summed E-state index contributed by atoms with van der Waals surface area (Å²) in [5, 5.41) is 3.06. The molecule has 13 heteroatoms. The lowest BCUT2D eigenvalue weighted by Crippen LogP contribution is -2.51. The minimum Gasteiger partial charge on any atom is -0.448 e. The number of rotatable bonds is 7. The number of fused-ring (bicyclic) bond motifs is 1. The maximum absolute atomic E-state index is 13.1. The lowest BCUT2D eigenvalue weighted by atomic mass is 9.90. The highest BCUT2D eigenvalue weighted by Crippen LogP contribution is 2.51. The van der Waals surface area contributed by atoms with E-state index in [1.807, 2.05) is 26.2 Å². The SMILES string of the molecule is CNS(=O)(=O)N1CCC([C@]2(C)Oc3c(Cl)cc(C(=O)NCc4c(SC)cc(C)[nH]c4=O)c(C)c3O2)CC1. The molecule has 0 radical (unpaired) electrons. The molecule has 1 aromatic carbocycles. The van der Waals surface area contributed by atoms with Gasteiger partial charge in [-0.2, -0.15) is 12.7 Å². The Balaban J connectivity index is 1.51. The molecule has 4 rings (SSSR count). The van der Waals surface area contributed by atoms with Crippen molar-refractivity contribution in [2.75, 3.05) is 26.4 Å². The summed E-state index contributed by atoms with van der Waals surface area (Å²) in [6.07, 6.45) is 2.96. The average Bonchev–Trinajstić information content (AvgIpc) is 3.25. The molecule has 2 aliphatic rings. The first-order chi connectivity index (χ1) is 17.4. The summed E-state index contributed by atoms with van der Waals surface area (Å²) in [7, 11) is -2.10. The van der Waals surface area contributed by atoms with Crippen LogP contribution in [0.25, 0.3) is 0 Å². The smallest absolute Gasteiger partial charge is 0.279 e. The summed E-state index contributed by atoms with van der Waals surface area (Å²) in [6, 6.07) is 3.41. The van der Waals surface area contributed by atoms with Crippen LogP contribution in [-0.2, 0) is 16.8 Å². The van der Waals surface area contributed by atoms with Crippen LogP contribution in [0.4, 0.5) is 0 Å². The molecule has 3 N–H and O–H groups in total. The number of amides is 1. The number of carbonyl (C=O) groups is 1. The normalized spacial score (nSPS) is 20.3. The van der Waals surface area contributed by atoms with Gasteiger partial charge in [-0.3, -0.25) is 9.59 Å². The molecule has 37 heavy (non-hydrogen) atoms. The minimum atomic E-state index is -3.49. The number of carbonyl (C=O) groups excluding carboxylic acids is 1. The van der Waals surface area contributed by atoms with E-state index in [0.29, 0.717) is 54.1 Å². The lowest BCUT2D eigenvalue weighted by molar-refractivity contribution is -0.121. The van der Waals surface area contributed by atoms with Gasteiger partial charge in [-0.25, -0.2) is 4.72 Å². The van der Waals surface area contributed by atoms with Crippen molar-refractivity contribution in [3.8, 4) is 11.5 Å². The summed E-state index contributed by atoms with van der Waals surface area (Å²) in [5.41, 5.74) is 1.88. The highest BCUT2D eigenvalue weighted by atomic mass is 35.5. The van der Waals surface area contributed by atoms with E-state index in [0.717, 1.165) is 10.6 Å². The van der Waals surface area contributed by atoms with Gasteiger partial charge in [0.1, 0.15) is 0 Å². The Morgan fingerprint density at radius 2 is 1.89 bits per heavy atom. The Kier molecular flexibility index (Phi) is 7.87. The topological polar surface area (TPSA) is 130 Å². The second kappa shape index (κ2) is 10.5. The summed E-state index contributed by atoms with van der Waals surface area (Å²) < 4.78 is 40.5. The molecular weight excluding hydrogens is 540 g/mol. The largest absolute Gasteiger partial charge is 0.448 e. The monoisotopic (exact) mass is 570 g/mol. The molecule has 0 bridgehead atoms. The molecule has 202 valence electrons. The average molecular weight is 571 g/mol. The first-order valence-electron chi connectivity index (χ1n) is 11.8. The van der Waals surface area contributed by atoms with Gasteiger partial charge in [0.2, 0.25) is 0 Å². The number of nitrogens with one attached hydrogen (secondary N) is 3. The number of H-pyrrole nitrogens is 1. The third-order valence-corrected chi connectivity index (χ3v) is 9.61. The second-order valence-corrected chi connectivity index (χ2v) is 12.4. The predicted molar refractivity (Wildman–Crippen MR) is 143 cm³/mol. The van der Waals surface area contributed by atoms with E-state index in [1.165, 1.54) is 29.2 Å². The highest BCUT2D eigenvalue weighted by Gasteiger charge is 2.48. The van der Waals surface area contributed by atoms with Gasteiger partial charge < -0.3 is 19.8 Å². The van der Waals surface area contributed by atoms with E-state index < -0.39 is 21.9 Å². The van der Waals surface area contributed by atoms with Gasteiger partial charge in [-0.1, -0.05) is 11.6 Å². The fourth-order valence-electron chi connectivity index (χ4n) is 4.80. The number of aryl methyl sites for hydroxylation is 1.